The van der Waals surface area contributed by atoms with Crippen LogP contribution >= 0.6 is 11.3 Å². The van der Waals surface area contributed by atoms with E-state index in [9.17, 15) is 4.79 Å². The Morgan fingerprint density at radius 3 is 3.00 bits per heavy atom. The standard InChI is InChI=1S/C10H15NO2S/c1-8(2)11-6-10(12)13-7-9-4-3-5-14-9/h3-5,8,11H,6-7H2,1-2H3. The maximum absolute atomic E-state index is 11.2. The van der Waals surface area contributed by atoms with Crippen molar-refractivity contribution in [1.29, 1.82) is 0 Å². The van der Waals surface area contributed by atoms with Crippen LogP contribution in [0.3, 0.4) is 0 Å². The first kappa shape index (κ1) is 11.2. The minimum Gasteiger partial charge on any atom is -0.459 e. The van der Waals surface area contributed by atoms with Gasteiger partial charge in [-0.05, 0) is 11.4 Å². The fourth-order valence-corrected chi connectivity index (χ4v) is 1.50. The molecule has 0 aliphatic rings. The topological polar surface area (TPSA) is 38.3 Å². The van der Waals surface area contributed by atoms with E-state index in [-0.39, 0.29) is 12.5 Å². The lowest BCUT2D eigenvalue weighted by molar-refractivity contribution is -0.143. The van der Waals surface area contributed by atoms with Gasteiger partial charge in [-0.15, -0.1) is 11.3 Å². The Bertz CT molecular complexity index is 270. The molecule has 1 heterocycles. The molecule has 0 bridgehead atoms. The maximum atomic E-state index is 11.2. The molecule has 1 aromatic heterocycles. The molecule has 0 amide bonds. The van der Waals surface area contributed by atoms with E-state index in [1.807, 2.05) is 31.4 Å². The van der Waals surface area contributed by atoms with Crippen molar-refractivity contribution in [1.82, 2.24) is 5.32 Å². The lowest BCUT2D eigenvalue weighted by Crippen LogP contribution is -2.30. The molecule has 1 aromatic rings. The molecule has 1 rings (SSSR count). The molecule has 0 aromatic carbocycles. The third-order valence-corrected chi connectivity index (χ3v) is 2.46. The largest absolute Gasteiger partial charge is 0.459 e. The highest BCUT2D eigenvalue weighted by molar-refractivity contribution is 7.09. The van der Waals surface area contributed by atoms with Crippen LogP contribution in [0.4, 0.5) is 0 Å². The van der Waals surface area contributed by atoms with Crippen LogP contribution in [0.1, 0.15) is 18.7 Å². The minimum absolute atomic E-state index is 0.202. The SMILES string of the molecule is CC(C)NCC(=O)OCc1cccs1. The molecule has 0 radical (unpaired) electrons. The molecule has 4 heteroatoms. The number of esters is 1. The summed E-state index contributed by atoms with van der Waals surface area (Å²) < 4.78 is 5.05. The third-order valence-electron chi connectivity index (χ3n) is 1.61. The fourth-order valence-electron chi connectivity index (χ4n) is 0.885. The van der Waals surface area contributed by atoms with E-state index in [1.54, 1.807) is 11.3 Å². The molecule has 0 unspecified atom stereocenters. The molecule has 0 atom stereocenters. The zero-order valence-corrected chi connectivity index (χ0v) is 9.26. The summed E-state index contributed by atoms with van der Waals surface area (Å²) in [5, 5.41) is 4.97. The number of carbonyl (C=O) groups is 1. The van der Waals surface area contributed by atoms with Gasteiger partial charge in [0.25, 0.3) is 0 Å². The lowest BCUT2D eigenvalue weighted by atomic mass is 10.4. The Morgan fingerprint density at radius 2 is 2.43 bits per heavy atom. The second-order valence-corrected chi connectivity index (χ2v) is 4.31. The van der Waals surface area contributed by atoms with Crippen LogP contribution in [0, 0.1) is 0 Å². The number of ether oxygens (including phenoxy) is 1. The van der Waals surface area contributed by atoms with Crippen molar-refractivity contribution in [2.45, 2.75) is 26.5 Å². The molecule has 3 nitrogen and oxygen atoms in total. The normalized spacial score (nSPS) is 10.5. The molecule has 14 heavy (non-hydrogen) atoms. The van der Waals surface area contributed by atoms with Crippen LogP contribution in [0.2, 0.25) is 0 Å². The van der Waals surface area contributed by atoms with Crippen molar-refractivity contribution in [3.8, 4) is 0 Å². The highest BCUT2D eigenvalue weighted by Crippen LogP contribution is 2.09. The van der Waals surface area contributed by atoms with Crippen LogP contribution in [0.25, 0.3) is 0 Å². The van der Waals surface area contributed by atoms with Gasteiger partial charge in [-0.3, -0.25) is 4.79 Å². The molecule has 0 spiro atoms. The highest BCUT2D eigenvalue weighted by Gasteiger charge is 2.03. The second-order valence-electron chi connectivity index (χ2n) is 3.28. The van der Waals surface area contributed by atoms with Crippen molar-refractivity contribution >= 4 is 17.3 Å². The van der Waals surface area contributed by atoms with Gasteiger partial charge in [-0.25, -0.2) is 0 Å². The van der Waals surface area contributed by atoms with E-state index in [0.29, 0.717) is 12.6 Å². The Balaban J connectivity index is 2.15. The summed E-state index contributed by atoms with van der Waals surface area (Å²) in [6.07, 6.45) is 0. The zero-order valence-electron chi connectivity index (χ0n) is 8.45. The van der Waals surface area contributed by atoms with E-state index in [0.717, 1.165) is 4.88 Å². The van der Waals surface area contributed by atoms with Gasteiger partial charge < -0.3 is 10.1 Å². The second kappa shape index (κ2) is 5.78. The first-order chi connectivity index (χ1) is 6.68. The van der Waals surface area contributed by atoms with Crippen LogP contribution in [0.5, 0.6) is 0 Å². The quantitative estimate of drug-likeness (QED) is 0.758. The predicted octanol–water partition coefficient (Wildman–Crippen LogP) is 1.79. The molecule has 78 valence electrons. The summed E-state index contributed by atoms with van der Waals surface area (Å²) in [6, 6.07) is 4.21. The van der Waals surface area contributed by atoms with Crippen molar-refractivity contribution in [2.75, 3.05) is 6.54 Å². The van der Waals surface area contributed by atoms with Gasteiger partial charge in [-0.2, -0.15) is 0 Å². The van der Waals surface area contributed by atoms with Gasteiger partial charge in [0.1, 0.15) is 6.61 Å². The van der Waals surface area contributed by atoms with Gasteiger partial charge >= 0.3 is 5.97 Å². The van der Waals surface area contributed by atoms with E-state index in [1.165, 1.54) is 0 Å². The number of thiophene rings is 1. The van der Waals surface area contributed by atoms with Crippen LogP contribution in [-0.2, 0) is 16.1 Å². The summed E-state index contributed by atoms with van der Waals surface area (Å²) in [6.45, 7) is 4.65. The number of carbonyl (C=O) groups excluding carboxylic acids is 1. The average molecular weight is 213 g/mol. The van der Waals surface area contributed by atoms with E-state index < -0.39 is 0 Å². The summed E-state index contributed by atoms with van der Waals surface area (Å²) in [4.78, 5) is 12.2. The smallest absolute Gasteiger partial charge is 0.320 e. The molecular formula is C10H15NO2S. The van der Waals surface area contributed by atoms with E-state index in [2.05, 4.69) is 5.32 Å². The summed E-state index contributed by atoms with van der Waals surface area (Å²) in [5.41, 5.74) is 0. The first-order valence-corrected chi connectivity index (χ1v) is 5.48. The van der Waals surface area contributed by atoms with Crippen molar-refractivity contribution in [2.24, 2.45) is 0 Å². The number of hydrogen-bond donors (Lipinski definition) is 1. The lowest BCUT2D eigenvalue weighted by Gasteiger charge is -2.07. The van der Waals surface area contributed by atoms with Gasteiger partial charge in [0, 0.05) is 10.9 Å². The predicted molar refractivity (Wildman–Crippen MR) is 57.3 cm³/mol. The number of nitrogens with one attached hydrogen (secondary N) is 1. The third kappa shape index (κ3) is 4.39. The van der Waals surface area contributed by atoms with Crippen LogP contribution in [-0.4, -0.2) is 18.6 Å². The maximum Gasteiger partial charge on any atom is 0.320 e. The monoisotopic (exact) mass is 213 g/mol. The Kier molecular flexibility index (Phi) is 4.62. The van der Waals surface area contributed by atoms with E-state index in [4.69, 9.17) is 4.74 Å². The first-order valence-electron chi connectivity index (χ1n) is 4.60. The molecular weight excluding hydrogens is 198 g/mol. The Hall–Kier alpha value is -0.870. The zero-order chi connectivity index (χ0) is 10.4. The Morgan fingerprint density at radius 1 is 1.64 bits per heavy atom. The van der Waals surface area contributed by atoms with Crippen LogP contribution < -0.4 is 5.32 Å². The summed E-state index contributed by atoms with van der Waals surface area (Å²) in [7, 11) is 0. The van der Waals surface area contributed by atoms with E-state index >= 15 is 0 Å². The van der Waals surface area contributed by atoms with Crippen molar-refractivity contribution < 1.29 is 9.53 Å². The van der Waals surface area contributed by atoms with Gasteiger partial charge in [0.2, 0.25) is 0 Å². The molecule has 0 saturated heterocycles. The average Bonchev–Trinajstić information content (AvgIpc) is 2.63. The van der Waals surface area contributed by atoms with Gasteiger partial charge in [-0.1, -0.05) is 19.9 Å². The number of rotatable bonds is 5. The Labute approximate surface area is 88.1 Å². The highest BCUT2D eigenvalue weighted by atomic mass is 32.1. The van der Waals surface area contributed by atoms with Crippen LogP contribution in [0.15, 0.2) is 17.5 Å². The molecule has 1 N–H and O–H groups in total. The van der Waals surface area contributed by atoms with Gasteiger partial charge in [0.05, 0.1) is 6.54 Å². The fraction of sp³-hybridized carbons (Fsp3) is 0.500. The molecule has 0 aliphatic heterocycles. The van der Waals surface area contributed by atoms with Crippen molar-refractivity contribution in [3.63, 3.8) is 0 Å². The molecule has 0 aliphatic carbocycles. The molecule has 0 fully saturated rings. The minimum atomic E-state index is -0.202. The number of hydrogen-bond acceptors (Lipinski definition) is 4. The summed E-state index contributed by atoms with van der Waals surface area (Å²) >= 11 is 1.59. The van der Waals surface area contributed by atoms with Gasteiger partial charge in [0.15, 0.2) is 0 Å². The molecule has 0 saturated carbocycles. The van der Waals surface area contributed by atoms with Crippen molar-refractivity contribution in [3.05, 3.63) is 22.4 Å². The summed E-state index contributed by atoms with van der Waals surface area (Å²) in [5.74, 6) is -0.202.